The molecule has 5 nitrogen and oxygen atoms in total. The molecule has 2 heterocycles. The van der Waals surface area contributed by atoms with Crippen molar-refractivity contribution in [3.05, 3.63) is 56.7 Å². The predicted molar refractivity (Wildman–Crippen MR) is 105 cm³/mol. The van der Waals surface area contributed by atoms with Crippen molar-refractivity contribution in [2.45, 2.75) is 4.90 Å². The standard InChI is InChI=1S/C17H16Cl2N2O3S2/c18-15-5-4-14(12-16(15)19)26(23,24)21-9-7-20(8-10-21)17(22)6-3-13-2-1-11-25-13/h1-6,11-12H,7-10H2/b6-3+. The van der Waals surface area contributed by atoms with Crippen LogP contribution < -0.4 is 0 Å². The molecular weight excluding hydrogens is 415 g/mol. The number of rotatable bonds is 4. The molecule has 1 aliphatic heterocycles. The van der Waals surface area contributed by atoms with Crippen molar-refractivity contribution in [3.8, 4) is 0 Å². The zero-order valence-electron chi connectivity index (χ0n) is 13.6. The van der Waals surface area contributed by atoms with E-state index in [9.17, 15) is 13.2 Å². The molecule has 9 heteroatoms. The number of nitrogens with zero attached hydrogens (tertiary/aromatic N) is 2. The Balaban J connectivity index is 1.64. The van der Waals surface area contributed by atoms with Crippen LogP contribution in [0.3, 0.4) is 0 Å². The van der Waals surface area contributed by atoms with Gasteiger partial charge in [-0.2, -0.15) is 4.31 Å². The number of carbonyl (C=O) groups is 1. The van der Waals surface area contributed by atoms with Crippen molar-refractivity contribution in [3.63, 3.8) is 0 Å². The number of piperazine rings is 1. The van der Waals surface area contributed by atoms with Gasteiger partial charge in [0.1, 0.15) is 0 Å². The maximum atomic E-state index is 12.7. The van der Waals surface area contributed by atoms with E-state index in [1.54, 1.807) is 22.3 Å². The molecule has 0 spiro atoms. The van der Waals surface area contributed by atoms with E-state index in [4.69, 9.17) is 23.2 Å². The molecule has 1 aromatic carbocycles. The summed E-state index contributed by atoms with van der Waals surface area (Å²) in [6, 6.07) is 8.09. The largest absolute Gasteiger partial charge is 0.337 e. The van der Waals surface area contributed by atoms with Gasteiger partial charge in [0.05, 0.1) is 14.9 Å². The first-order valence-corrected chi connectivity index (χ1v) is 10.9. The average Bonchev–Trinajstić information content (AvgIpc) is 3.15. The van der Waals surface area contributed by atoms with Crippen LogP contribution >= 0.6 is 34.5 Å². The maximum absolute atomic E-state index is 12.7. The monoisotopic (exact) mass is 430 g/mol. The number of benzene rings is 1. The second kappa shape index (κ2) is 8.10. The van der Waals surface area contributed by atoms with Crippen LogP contribution in [0, 0.1) is 0 Å². The summed E-state index contributed by atoms with van der Waals surface area (Å²) < 4.78 is 26.8. The van der Waals surface area contributed by atoms with E-state index < -0.39 is 10.0 Å². The Morgan fingerprint density at radius 3 is 2.42 bits per heavy atom. The Morgan fingerprint density at radius 2 is 1.81 bits per heavy atom. The quantitative estimate of drug-likeness (QED) is 0.696. The molecule has 1 aromatic heterocycles. The van der Waals surface area contributed by atoms with Crippen LogP contribution in [-0.2, 0) is 14.8 Å². The second-order valence-electron chi connectivity index (χ2n) is 5.65. The Morgan fingerprint density at radius 1 is 1.08 bits per heavy atom. The third-order valence-electron chi connectivity index (χ3n) is 4.01. The fourth-order valence-electron chi connectivity index (χ4n) is 2.58. The lowest BCUT2D eigenvalue weighted by molar-refractivity contribution is -0.127. The smallest absolute Gasteiger partial charge is 0.246 e. The summed E-state index contributed by atoms with van der Waals surface area (Å²) in [6.45, 7) is 1.16. The Bertz CT molecular complexity index is 919. The number of hydrogen-bond acceptors (Lipinski definition) is 4. The van der Waals surface area contributed by atoms with Crippen molar-refractivity contribution < 1.29 is 13.2 Å². The fraction of sp³-hybridized carbons (Fsp3) is 0.235. The van der Waals surface area contributed by atoms with Gasteiger partial charge in [0.25, 0.3) is 0 Å². The van der Waals surface area contributed by atoms with Gasteiger partial charge in [0, 0.05) is 37.1 Å². The van der Waals surface area contributed by atoms with E-state index in [2.05, 4.69) is 0 Å². The third-order valence-corrected chi connectivity index (χ3v) is 7.48. The van der Waals surface area contributed by atoms with Crippen molar-refractivity contribution in [2.24, 2.45) is 0 Å². The van der Waals surface area contributed by atoms with Gasteiger partial charge in [-0.05, 0) is 35.7 Å². The van der Waals surface area contributed by atoms with Crippen LogP contribution in [0.15, 0.2) is 46.7 Å². The molecule has 0 bridgehead atoms. The van der Waals surface area contributed by atoms with Crippen molar-refractivity contribution >= 4 is 56.5 Å². The highest BCUT2D eigenvalue weighted by Crippen LogP contribution is 2.27. The van der Waals surface area contributed by atoms with Crippen molar-refractivity contribution in [2.75, 3.05) is 26.2 Å². The Hall–Kier alpha value is -1.38. The molecule has 0 radical (unpaired) electrons. The topological polar surface area (TPSA) is 57.7 Å². The number of hydrogen-bond donors (Lipinski definition) is 0. The Labute approximate surface area is 166 Å². The normalized spacial score (nSPS) is 16.3. The number of carbonyl (C=O) groups excluding carboxylic acids is 1. The molecule has 3 rings (SSSR count). The first-order valence-electron chi connectivity index (χ1n) is 7.83. The summed E-state index contributed by atoms with van der Waals surface area (Å²) in [5, 5.41) is 2.44. The summed E-state index contributed by atoms with van der Waals surface area (Å²) >= 11 is 13.3. The molecule has 1 saturated heterocycles. The molecular formula is C17H16Cl2N2O3S2. The van der Waals surface area contributed by atoms with Crippen LogP contribution in [0.1, 0.15) is 4.88 Å². The van der Waals surface area contributed by atoms with Crippen LogP contribution in [0.25, 0.3) is 6.08 Å². The van der Waals surface area contributed by atoms with E-state index in [1.165, 1.54) is 28.6 Å². The Kier molecular flexibility index (Phi) is 6.04. The lowest BCUT2D eigenvalue weighted by Crippen LogP contribution is -2.50. The first kappa shape index (κ1) is 19.4. The molecule has 0 N–H and O–H groups in total. The summed E-state index contributed by atoms with van der Waals surface area (Å²) in [7, 11) is -3.66. The molecule has 2 aromatic rings. The summed E-state index contributed by atoms with van der Waals surface area (Å²) in [6.07, 6.45) is 3.29. The van der Waals surface area contributed by atoms with Gasteiger partial charge >= 0.3 is 0 Å². The summed E-state index contributed by atoms with van der Waals surface area (Å²) in [4.78, 5) is 15.0. The number of sulfonamides is 1. The highest BCUT2D eigenvalue weighted by Gasteiger charge is 2.29. The van der Waals surface area contributed by atoms with Crippen LogP contribution in [0.5, 0.6) is 0 Å². The highest BCUT2D eigenvalue weighted by molar-refractivity contribution is 7.89. The van der Waals surface area contributed by atoms with Gasteiger partial charge in [-0.3, -0.25) is 4.79 Å². The van der Waals surface area contributed by atoms with Crippen molar-refractivity contribution in [1.82, 2.24) is 9.21 Å². The lowest BCUT2D eigenvalue weighted by Gasteiger charge is -2.33. The van der Waals surface area contributed by atoms with Crippen LogP contribution in [0.4, 0.5) is 0 Å². The van der Waals surface area contributed by atoms with Gasteiger partial charge in [-0.25, -0.2) is 8.42 Å². The van der Waals surface area contributed by atoms with Gasteiger partial charge in [0.2, 0.25) is 15.9 Å². The van der Waals surface area contributed by atoms with Gasteiger partial charge < -0.3 is 4.90 Å². The van der Waals surface area contributed by atoms with E-state index in [-0.39, 0.29) is 28.9 Å². The zero-order valence-corrected chi connectivity index (χ0v) is 16.8. The summed E-state index contributed by atoms with van der Waals surface area (Å²) in [5.41, 5.74) is 0. The molecule has 1 aliphatic rings. The molecule has 1 fully saturated rings. The van der Waals surface area contributed by atoms with E-state index >= 15 is 0 Å². The molecule has 138 valence electrons. The zero-order chi connectivity index (χ0) is 18.7. The average molecular weight is 431 g/mol. The number of halogens is 2. The molecule has 1 amide bonds. The molecule has 0 atom stereocenters. The summed E-state index contributed by atoms with van der Waals surface area (Å²) in [5.74, 6) is -0.120. The van der Waals surface area contributed by atoms with Gasteiger partial charge in [-0.1, -0.05) is 29.3 Å². The number of amides is 1. The van der Waals surface area contributed by atoms with E-state index in [0.29, 0.717) is 18.1 Å². The molecule has 0 saturated carbocycles. The van der Waals surface area contributed by atoms with Crippen LogP contribution in [0.2, 0.25) is 10.0 Å². The van der Waals surface area contributed by atoms with Gasteiger partial charge in [-0.15, -0.1) is 11.3 Å². The second-order valence-corrected chi connectivity index (χ2v) is 9.39. The number of thiophene rings is 1. The van der Waals surface area contributed by atoms with E-state index in [1.807, 2.05) is 17.5 Å². The predicted octanol–water partition coefficient (Wildman–Crippen LogP) is 3.60. The third kappa shape index (κ3) is 4.29. The molecule has 0 aliphatic carbocycles. The minimum Gasteiger partial charge on any atom is -0.337 e. The minimum atomic E-state index is -3.66. The maximum Gasteiger partial charge on any atom is 0.246 e. The first-order chi connectivity index (χ1) is 12.4. The van der Waals surface area contributed by atoms with Gasteiger partial charge in [0.15, 0.2) is 0 Å². The SMILES string of the molecule is O=C(/C=C/c1cccs1)N1CCN(S(=O)(=O)c2ccc(Cl)c(Cl)c2)CC1. The lowest BCUT2D eigenvalue weighted by atomic mass is 10.3. The molecule has 26 heavy (non-hydrogen) atoms. The highest BCUT2D eigenvalue weighted by atomic mass is 35.5. The minimum absolute atomic E-state index is 0.101. The molecule has 0 unspecified atom stereocenters. The fourth-order valence-corrected chi connectivity index (χ4v) is 5.01. The van der Waals surface area contributed by atoms with Crippen molar-refractivity contribution in [1.29, 1.82) is 0 Å². The van der Waals surface area contributed by atoms with Crippen LogP contribution in [-0.4, -0.2) is 49.7 Å². The van der Waals surface area contributed by atoms with E-state index in [0.717, 1.165) is 4.88 Å².